The summed E-state index contributed by atoms with van der Waals surface area (Å²) in [7, 11) is 0. The maximum atomic E-state index is 12.5. The molecule has 0 bridgehead atoms. The number of hydrogen-bond donors (Lipinski definition) is 2. The van der Waals surface area contributed by atoms with Gasteiger partial charge in [0.25, 0.3) is 0 Å². The van der Waals surface area contributed by atoms with E-state index >= 15 is 0 Å². The summed E-state index contributed by atoms with van der Waals surface area (Å²) in [6, 6.07) is 0.0535. The smallest absolute Gasteiger partial charge is 0.389 e. The SMILES string of the molecule is CC(CC(C)(O)CN)N1CCC(C(F)(F)F)CC1. The van der Waals surface area contributed by atoms with Crippen LogP contribution < -0.4 is 5.73 Å². The highest BCUT2D eigenvalue weighted by atomic mass is 19.4. The summed E-state index contributed by atoms with van der Waals surface area (Å²) in [5.74, 6) is -1.17. The van der Waals surface area contributed by atoms with Crippen molar-refractivity contribution < 1.29 is 18.3 Å². The van der Waals surface area contributed by atoms with Crippen molar-refractivity contribution in [1.82, 2.24) is 4.90 Å². The molecule has 1 rings (SSSR count). The van der Waals surface area contributed by atoms with Gasteiger partial charge in [0.1, 0.15) is 0 Å². The second kappa shape index (κ2) is 5.75. The van der Waals surface area contributed by atoms with E-state index in [1.807, 2.05) is 11.8 Å². The van der Waals surface area contributed by atoms with Gasteiger partial charge in [-0.25, -0.2) is 0 Å². The van der Waals surface area contributed by atoms with Gasteiger partial charge in [-0.1, -0.05) is 0 Å². The summed E-state index contributed by atoms with van der Waals surface area (Å²) in [6.45, 7) is 4.62. The number of piperidine rings is 1. The highest BCUT2D eigenvalue weighted by molar-refractivity contribution is 4.84. The van der Waals surface area contributed by atoms with Gasteiger partial charge >= 0.3 is 6.18 Å². The number of aliphatic hydroxyl groups is 1. The van der Waals surface area contributed by atoms with Crippen LogP contribution in [0.1, 0.15) is 33.1 Å². The Labute approximate surface area is 106 Å². The standard InChI is InChI=1S/C12H23F3N2O/c1-9(7-11(2,18)8-16)17-5-3-10(4-6-17)12(13,14)15/h9-10,18H,3-8,16H2,1-2H3. The number of alkyl halides is 3. The normalized spacial score (nSPS) is 24.8. The monoisotopic (exact) mass is 268 g/mol. The van der Waals surface area contributed by atoms with Crippen molar-refractivity contribution in [3.63, 3.8) is 0 Å². The minimum Gasteiger partial charge on any atom is -0.389 e. The lowest BCUT2D eigenvalue weighted by Crippen LogP contribution is -2.47. The van der Waals surface area contributed by atoms with E-state index in [0.29, 0.717) is 19.5 Å². The van der Waals surface area contributed by atoms with Crippen molar-refractivity contribution in [3.05, 3.63) is 0 Å². The summed E-state index contributed by atoms with van der Waals surface area (Å²) in [5.41, 5.74) is 4.50. The molecule has 18 heavy (non-hydrogen) atoms. The number of likely N-dealkylation sites (tertiary alicyclic amines) is 1. The molecule has 0 amide bonds. The van der Waals surface area contributed by atoms with Crippen LogP contribution in [0.4, 0.5) is 13.2 Å². The average Bonchev–Trinajstić information content (AvgIpc) is 2.27. The van der Waals surface area contributed by atoms with Crippen LogP contribution in [0, 0.1) is 5.92 Å². The van der Waals surface area contributed by atoms with Crippen LogP contribution >= 0.6 is 0 Å². The van der Waals surface area contributed by atoms with Crippen LogP contribution in [0.2, 0.25) is 0 Å². The molecule has 1 aliphatic heterocycles. The van der Waals surface area contributed by atoms with Gasteiger partial charge in [0, 0.05) is 12.6 Å². The molecule has 0 spiro atoms. The molecule has 0 aromatic carbocycles. The molecule has 6 heteroatoms. The molecule has 0 saturated carbocycles. The zero-order valence-electron chi connectivity index (χ0n) is 11.0. The van der Waals surface area contributed by atoms with E-state index in [1.165, 1.54) is 0 Å². The molecular formula is C12H23F3N2O. The van der Waals surface area contributed by atoms with Crippen LogP contribution in [-0.2, 0) is 0 Å². The predicted octanol–water partition coefficient (Wildman–Crippen LogP) is 1.75. The zero-order valence-corrected chi connectivity index (χ0v) is 11.0. The molecule has 1 saturated heterocycles. The summed E-state index contributed by atoms with van der Waals surface area (Å²) < 4.78 is 37.6. The lowest BCUT2D eigenvalue weighted by molar-refractivity contribution is -0.186. The highest BCUT2D eigenvalue weighted by Gasteiger charge is 2.41. The molecule has 1 fully saturated rings. The molecule has 1 heterocycles. The molecule has 3 nitrogen and oxygen atoms in total. The van der Waals surface area contributed by atoms with Crippen LogP contribution in [0.3, 0.4) is 0 Å². The number of nitrogens with two attached hydrogens (primary N) is 1. The summed E-state index contributed by atoms with van der Waals surface area (Å²) in [6.07, 6.45) is -3.28. The van der Waals surface area contributed by atoms with Gasteiger partial charge in [-0.2, -0.15) is 13.2 Å². The molecule has 108 valence electrons. The summed E-state index contributed by atoms with van der Waals surface area (Å²) in [4.78, 5) is 2.01. The van der Waals surface area contributed by atoms with Gasteiger partial charge in [0.05, 0.1) is 11.5 Å². The highest BCUT2D eigenvalue weighted by Crippen LogP contribution is 2.35. The van der Waals surface area contributed by atoms with Crippen molar-refractivity contribution in [1.29, 1.82) is 0 Å². The van der Waals surface area contributed by atoms with Crippen molar-refractivity contribution >= 4 is 0 Å². The number of halogens is 3. The van der Waals surface area contributed by atoms with Crippen molar-refractivity contribution in [2.24, 2.45) is 11.7 Å². The van der Waals surface area contributed by atoms with E-state index in [2.05, 4.69) is 0 Å². The van der Waals surface area contributed by atoms with Gasteiger partial charge in [-0.05, 0) is 46.2 Å². The van der Waals surface area contributed by atoms with Gasteiger partial charge < -0.3 is 15.7 Å². The Morgan fingerprint density at radius 3 is 2.22 bits per heavy atom. The van der Waals surface area contributed by atoms with E-state index in [1.54, 1.807) is 6.92 Å². The lowest BCUT2D eigenvalue weighted by Gasteiger charge is -2.38. The predicted molar refractivity (Wildman–Crippen MR) is 64.1 cm³/mol. The molecule has 2 unspecified atom stereocenters. The topological polar surface area (TPSA) is 49.5 Å². The van der Waals surface area contributed by atoms with E-state index in [-0.39, 0.29) is 25.4 Å². The molecule has 3 N–H and O–H groups in total. The molecular weight excluding hydrogens is 245 g/mol. The van der Waals surface area contributed by atoms with E-state index < -0.39 is 17.7 Å². The van der Waals surface area contributed by atoms with Crippen LogP contribution in [0.15, 0.2) is 0 Å². The third-order valence-corrected chi connectivity index (χ3v) is 3.79. The van der Waals surface area contributed by atoms with Gasteiger partial charge in [0.2, 0.25) is 0 Å². The third kappa shape index (κ3) is 4.40. The maximum Gasteiger partial charge on any atom is 0.391 e. The second-order valence-electron chi connectivity index (χ2n) is 5.61. The van der Waals surface area contributed by atoms with Crippen LogP contribution in [-0.4, -0.2) is 47.5 Å². The van der Waals surface area contributed by atoms with E-state index in [9.17, 15) is 18.3 Å². The quantitative estimate of drug-likeness (QED) is 0.816. The Kier molecular flexibility index (Phi) is 5.03. The van der Waals surface area contributed by atoms with Crippen molar-refractivity contribution in [2.45, 2.75) is 50.9 Å². The fourth-order valence-electron chi connectivity index (χ4n) is 2.52. The van der Waals surface area contributed by atoms with Gasteiger partial charge in [-0.15, -0.1) is 0 Å². The average molecular weight is 268 g/mol. The minimum atomic E-state index is -4.07. The fraction of sp³-hybridized carbons (Fsp3) is 1.00. The largest absolute Gasteiger partial charge is 0.391 e. The fourth-order valence-corrected chi connectivity index (χ4v) is 2.52. The van der Waals surface area contributed by atoms with Crippen molar-refractivity contribution in [2.75, 3.05) is 19.6 Å². The maximum absolute atomic E-state index is 12.5. The number of nitrogens with zero attached hydrogens (tertiary/aromatic N) is 1. The second-order valence-corrected chi connectivity index (χ2v) is 5.61. The Morgan fingerprint density at radius 2 is 1.83 bits per heavy atom. The van der Waals surface area contributed by atoms with Crippen LogP contribution in [0.5, 0.6) is 0 Å². The summed E-state index contributed by atoms with van der Waals surface area (Å²) >= 11 is 0. The first-order chi connectivity index (χ1) is 8.15. The molecule has 0 radical (unpaired) electrons. The third-order valence-electron chi connectivity index (χ3n) is 3.79. The first-order valence-corrected chi connectivity index (χ1v) is 6.39. The molecule has 1 aliphatic rings. The first kappa shape index (κ1) is 15.7. The Morgan fingerprint density at radius 1 is 1.33 bits per heavy atom. The van der Waals surface area contributed by atoms with Crippen molar-refractivity contribution in [3.8, 4) is 0 Å². The number of hydrogen-bond acceptors (Lipinski definition) is 3. The summed E-state index contributed by atoms with van der Waals surface area (Å²) in [5, 5.41) is 9.87. The zero-order chi connectivity index (χ0) is 14.0. The molecule has 0 aromatic rings. The van der Waals surface area contributed by atoms with E-state index in [0.717, 1.165) is 0 Å². The van der Waals surface area contributed by atoms with E-state index in [4.69, 9.17) is 5.73 Å². The van der Waals surface area contributed by atoms with Gasteiger partial charge in [-0.3, -0.25) is 0 Å². The first-order valence-electron chi connectivity index (χ1n) is 6.39. The lowest BCUT2D eigenvalue weighted by atomic mass is 9.92. The number of rotatable bonds is 4. The minimum absolute atomic E-state index is 0.0535. The van der Waals surface area contributed by atoms with Gasteiger partial charge in [0.15, 0.2) is 0 Å². The molecule has 0 aliphatic carbocycles. The van der Waals surface area contributed by atoms with Crippen LogP contribution in [0.25, 0.3) is 0 Å². The molecule has 0 aromatic heterocycles. The molecule has 2 atom stereocenters. The Bertz CT molecular complexity index is 261. The Hall–Kier alpha value is -0.330. The Balaban J connectivity index is 2.43.